The van der Waals surface area contributed by atoms with Gasteiger partial charge in [-0.3, -0.25) is 4.79 Å². The monoisotopic (exact) mass is 349 g/mol. The van der Waals surface area contributed by atoms with Crippen molar-refractivity contribution in [2.45, 2.75) is 25.4 Å². The lowest BCUT2D eigenvalue weighted by Gasteiger charge is -2.08. The molecule has 3 amide bonds. The van der Waals surface area contributed by atoms with Crippen LogP contribution in [0.3, 0.4) is 0 Å². The molecule has 1 aliphatic carbocycles. The van der Waals surface area contributed by atoms with E-state index in [4.69, 9.17) is 0 Å². The van der Waals surface area contributed by atoms with Crippen molar-refractivity contribution in [3.8, 4) is 0 Å². The molecule has 0 bridgehead atoms. The van der Waals surface area contributed by atoms with Crippen molar-refractivity contribution in [2.24, 2.45) is 0 Å². The second-order valence-electron chi connectivity index (χ2n) is 6.34. The van der Waals surface area contributed by atoms with Gasteiger partial charge in [0.25, 0.3) is 5.91 Å². The fraction of sp³-hybridized carbons (Fsp3) is 0.211. The zero-order valence-electron chi connectivity index (χ0n) is 14.1. The Balaban J connectivity index is 1.37. The number of nitrogens with zero attached hydrogens (tertiary/aromatic N) is 1. The molecule has 0 unspecified atom stereocenters. The van der Waals surface area contributed by atoms with E-state index in [9.17, 15) is 9.59 Å². The van der Waals surface area contributed by atoms with Gasteiger partial charge in [0.15, 0.2) is 0 Å². The maximum atomic E-state index is 12.4. The number of nitrogens with one attached hydrogen (secondary N) is 4. The van der Waals surface area contributed by atoms with Gasteiger partial charge in [0.05, 0.1) is 17.6 Å². The molecular formula is C19H19N5O2. The molecule has 0 atom stereocenters. The second kappa shape index (κ2) is 6.87. The molecule has 0 spiro atoms. The van der Waals surface area contributed by atoms with Gasteiger partial charge >= 0.3 is 6.03 Å². The van der Waals surface area contributed by atoms with Crippen LogP contribution < -0.4 is 16.0 Å². The van der Waals surface area contributed by atoms with Crippen LogP contribution in [0.5, 0.6) is 0 Å². The highest BCUT2D eigenvalue weighted by Gasteiger charge is 2.23. The van der Waals surface area contributed by atoms with Crippen molar-refractivity contribution < 1.29 is 9.59 Å². The van der Waals surface area contributed by atoms with Gasteiger partial charge in [0, 0.05) is 17.3 Å². The summed E-state index contributed by atoms with van der Waals surface area (Å²) >= 11 is 0. The lowest BCUT2D eigenvalue weighted by Crippen LogP contribution is -2.30. The first-order valence-corrected chi connectivity index (χ1v) is 8.57. The third-order valence-electron chi connectivity index (χ3n) is 4.15. The van der Waals surface area contributed by atoms with Gasteiger partial charge in [-0.1, -0.05) is 18.2 Å². The average molecular weight is 349 g/mol. The zero-order valence-corrected chi connectivity index (χ0v) is 14.1. The van der Waals surface area contributed by atoms with Crippen LogP contribution in [0.15, 0.2) is 48.5 Å². The van der Waals surface area contributed by atoms with Crippen LogP contribution in [-0.4, -0.2) is 27.9 Å². The molecule has 1 fully saturated rings. The van der Waals surface area contributed by atoms with Gasteiger partial charge in [-0.05, 0) is 43.2 Å². The van der Waals surface area contributed by atoms with E-state index in [0.717, 1.165) is 23.9 Å². The van der Waals surface area contributed by atoms with Crippen LogP contribution >= 0.6 is 0 Å². The fourth-order valence-corrected chi connectivity index (χ4v) is 2.67. The summed E-state index contributed by atoms with van der Waals surface area (Å²) < 4.78 is 0. The largest absolute Gasteiger partial charge is 0.345 e. The Morgan fingerprint density at radius 2 is 1.96 bits per heavy atom. The highest BCUT2D eigenvalue weighted by molar-refractivity contribution is 5.96. The Kier molecular flexibility index (Phi) is 4.27. The van der Waals surface area contributed by atoms with Gasteiger partial charge < -0.3 is 20.9 Å². The molecule has 7 nitrogen and oxygen atoms in total. The van der Waals surface area contributed by atoms with Crippen molar-refractivity contribution in [2.75, 3.05) is 5.32 Å². The molecule has 4 rings (SSSR count). The molecule has 0 radical (unpaired) electrons. The summed E-state index contributed by atoms with van der Waals surface area (Å²) in [7, 11) is 0. The second-order valence-corrected chi connectivity index (χ2v) is 6.34. The molecular weight excluding hydrogens is 330 g/mol. The van der Waals surface area contributed by atoms with Crippen LogP contribution in [0.4, 0.5) is 10.5 Å². The van der Waals surface area contributed by atoms with Gasteiger partial charge in [-0.2, -0.15) is 0 Å². The molecule has 1 heterocycles. The Hall–Kier alpha value is -3.35. The fourth-order valence-electron chi connectivity index (χ4n) is 2.67. The van der Waals surface area contributed by atoms with Crippen LogP contribution in [0.2, 0.25) is 0 Å². The predicted octanol–water partition coefficient (Wildman–Crippen LogP) is 2.78. The Morgan fingerprint density at radius 3 is 2.77 bits per heavy atom. The summed E-state index contributed by atoms with van der Waals surface area (Å²) in [5, 5.41) is 8.44. The first kappa shape index (κ1) is 16.1. The number of hydrogen-bond donors (Lipinski definition) is 4. The Labute approximate surface area is 150 Å². The molecule has 0 saturated heterocycles. The van der Waals surface area contributed by atoms with Crippen LogP contribution in [-0.2, 0) is 6.54 Å². The predicted molar refractivity (Wildman–Crippen MR) is 98.9 cm³/mol. The third kappa shape index (κ3) is 3.83. The lowest BCUT2D eigenvalue weighted by molar-refractivity contribution is 0.0950. The van der Waals surface area contributed by atoms with Gasteiger partial charge in [-0.15, -0.1) is 0 Å². The average Bonchev–Trinajstić information content (AvgIpc) is 3.35. The lowest BCUT2D eigenvalue weighted by atomic mass is 10.2. The number of carbonyl (C=O) groups is 2. The summed E-state index contributed by atoms with van der Waals surface area (Å²) in [5.74, 6) is 0.467. The molecule has 132 valence electrons. The summed E-state index contributed by atoms with van der Waals surface area (Å²) in [6.45, 7) is 0.299. The number of anilines is 1. The number of fused-ring (bicyclic) bond motifs is 1. The molecule has 1 saturated carbocycles. The summed E-state index contributed by atoms with van der Waals surface area (Å²) in [6.07, 6.45) is 2.05. The molecule has 7 heteroatoms. The third-order valence-corrected chi connectivity index (χ3v) is 4.15. The molecule has 3 aromatic rings. The van der Waals surface area contributed by atoms with E-state index in [0.29, 0.717) is 23.6 Å². The first-order valence-electron chi connectivity index (χ1n) is 8.57. The molecule has 1 aliphatic rings. The van der Waals surface area contributed by atoms with Crippen molar-refractivity contribution in [3.05, 3.63) is 59.9 Å². The van der Waals surface area contributed by atoms with Crippen molar-refractivity contribution in [3.63, 3.8) is 0 Å². The maximum Gasteiger partial charge on any atom is 0.319 e. The van der Waals surface area contributed by atoms with E-state index in [1.807, 2.05) is 24.3 Å². The summed E-state index contributed by atoms with van der Waals surface area (Å²) in [5.41, 5.74) is 2.86. The van der Waals surface area contributed by atoms with E-state index >= 15 is 0 Å². The highest BCUT2D eigenvalue weighted by atomic mass is 16.2. The summed E-state index contributed by atoms with van der Waals surface area (Å²) in [4.78, 5) is 31.8. The minimum atomic E-state index is -0.243. The number of amides is 3. The zero-order chi connectivity index (χ0) is 17.9. The van der Waals surface area contributed by atoms with Crippen LogP contribution in [0.25, 0.3) is 11.0 Å². The van der Waals surface area contributed by atoms with E-state index in [1.54, 1.807) is 24.3 Å². The van der Waals surface area contributed by atoms with Gasteiger partial charge in [0.1, 0.15) is 5.82 Å². The topological polar surface area (TPSA) is 98.9 Å². The SMILES string of the molecule is O=C(Nc1cccc(C(=O)NCc2nc3ccccc3[nH]2)c1)NC1CC1. The van der Waals surface area contributed by atoms with Gasteiger partial charge in [0.2, 0.25) is 0 Å². The maximum absolute atomic E-state index is 12.4. The number of H-pyrrole nitrogens is 1. The number of benzene rings is 2. The Bertz CT molecular complexity index is 928. The van der Waals surface area contributed by atoms with Crippen molar-refractivity contribution in [1.82, 2.24) is 20.6 Å². The van der Waals surface area contributed by atoms with E-state index in [2.05, 4.69) is 25.9 Å². The molecule has 2 aromatic carbocycles. The van der Waals surface area contributed by atoms with Gasteiger partial charge in [-0.25, -0.2) is 9.78 Å². The van der Waals surface area contributed by atoms with Crippen LogP contribution in [0, 0.1) is 0 Å². The van der Waals surface area contributed by atoms with Crippen molar-refractivity contribution >= 4 is 28.7 Å². The van der Waals surface area contributed by atoms with E-state index in [-0.39, 0.29) is 18.0 Å². The number of para-hydroxylation sites is 2. The van der Waals surface area contributed by atoms with Crippen molar-refractivity contribution in [1.29, 1.82) is 0 Å². The number of rotatable bonds is 5. The van der Waals surface area contributed by atoms with Crippen LogP contribution in [0.1, 0.15) is 29.0 Å². The first-order chi connectivity index (χ1) is 12.7. The number of urea groups is 1. The number of hydrogen-bond acceptors (Lipinski definition) is 3. The standard InChI is InChI=1S/C19H19N5O2/c25-18(20-11-17-23-15-6-1-2-7-16(15)24-17)12-4-3-5-14(10-12)22-19(26)21-13-8-9-13/h1-7,10,13H,8-9,11H2,(H,20,25)(H,23,24)(H2,21,22,26). The minimum Gasteiger partial charge on any atom is -0.345 e. The summed E-state index contributed by atoms with van der Waals surface area (Å²) in [6, 6.07) is 14.6. The normalized spacial score (nSPS) is 13.4. The molecule has 1 aromatic heterocycles. The molecule has 0 aliphatic heterocycles. The van der Waals surface area contributed by atoms with E-state index in [1.165, 1.54) is 0 Å². The molecule has 4 N–H and O–H groups in total. The quantitative estimate of drug-likeness (QED) is 0.570. The number of carbonyl (C=O) groups excluding carboxylic acids is 2. The Morgan fingerprint density at radius 1 is 1.12 bits per heavy atom. The number of aromatic amines is 1. The van der Waals surface area contributed by atoms with E-state index < -0.39 is 0 Å². The number of imidazole rings is 1. The molecule has 26 heavy (non-hydrogen) atoms. The smallest absolute Gasteiger partial charge is 0.319 e. The number of aromatic nitrogens is 2. The highest BCUT2D eigenvalue weighted by Crippen LogP contribution is 2.19. The minimum absolute atomic E-state index is 0.225.